The van der Waals surface area contributed by atoms with E-state index in [9.17, 15) is 4.79 Å². The van der Waals surface area contributed by atoms with Gasteiger partial charge in [-0.3, -0.25) is 4.79 Å². The summed E-state index contributed by atoms with van der Waals surface area (Å²) in [6.45, 7) is 7.91. The molecule has 1 aromatic carbocycles. The molecule has 0 bridgehead atoms. The summed E-state index contributed by atoms with van der Waals surface area (Å²) in [6.07, 6.45) is 0.866. The van der Waals surface area contributed by atoms with E-state index in [4.69, 9.17) is 0 Å². The van der Waals surface area contributed by atoms with Crippen molar-refractivity contribution < 1.29 is 4.79 Å². The Hall–Kier alpha value is -2.69. The smallest absolute Gasteiger partial charge is 0.274 e. The number of nitrogens with zero attached hydrogens (tertiary/aromatic N) is 3. The van der Waals surface area contributed by atoms with Gasteiger partial charge in [0, 0.05) is 17.4 Å². The molecule has 2 heterocycles. The number of aromatic nitrogens is 3. The number of carbonyl (C=O) groups is 1. The third kappa shape index (κ3) is 2.82. The standard InChI is InChI=1S/C18H20N4O/c1-5-14-8-6-7-11(2)17(14)20-18(23)15-10-13(4)22-16(19-15)9-12(3)21-22/h6-10H,5H2,1-4H3,(H,20,23). The van der Waals surface area contributed by atoms with Crippen LogP contribution in [-0.2, 0) is 6.42 Å². The number of anilines is 1. The van der Waals surface area contributed by atoms with Crippen molar-refractivity contribution in [2.45, 2.75) is 34.1 Å². The maximum Gasteiger partial charge on any atom is 0.274 e. The molecule has 3 rings (SSSR count). The number of hydrogen-bond donors (Lipinski definition) is 1. The van der Waals surface area contributed by atoms with Crippen LogP contribution in [0.5, 0.6) is 0 Å². The highest BCUT2D eigenvalue weighted by molar-refractivity contribution is 6.04. The summed E-state index contributed by atoms with van der Waals surface area (Å²) in [5.74, 6) is -0.196. The van der Waals surface area contributed by atoms with E-state index in [1.165, 1.54) is 0 Å². The third-order valence-electron chi connectivity index (χ3n) is 3.94. The Balaban J connectivity index is 1.98. The number of nitrogens with one attached hydrogen (secondary N) is 1. The first kappa shape index (κ1) is 15.2. The van der Waals surface area contributed by atoms with Crippen molar-refractivity contribution in [1.29, 1.82) is 0 Å². The van der Waals surface area contributed by atoms with E-state index in [2.05, 4.69) is 22.3 Å². The molecule has 0 aliphatic carbocycles. The highest BCUT2D eigenvalue weighted by Crippen LogP contribution is 2.22. The van der Waals surface area contributed by atoms with Crippen molar-refractivity contribution in [1.82, 2.24) is 14.6 Å². The van der Waals surface area contributed by atoms with E-state index in [0.29, 0.717) is 11.3 Å². The molecule has 0 aliphatic rings. The van der Waals surface area contributed by atoms with Crippen LogP contribution in [0.3, 0.4) is 0 Å². The van der Waals surface area contributed by atoms with Gasteiger partial charge < -0.3 is 5.32 Å². The lowest BCUT2D eigenvalue weighted by Crippen LogP contribution is -2.17. The minimum atomic E-state index is -0.196. The van der Waals surface area contributed by atoms with Crippen LogP contribution in [-0.4, -0.2) is 20.5 Å². The van der Waals surface area contributed by atoms with Gasteiger partial charge in [-0.05, 0) is 44.4 Å². The van der Waals surface area contributed by atoms with Crippen LogP contribution in [0.1, 0.15) is 39.9 Å². The minimum absolute atomic E-state index is 0.196. The number of carbonyl (C=O) groups excluding carboxylic acids is 1. The molecular formula is C18H20N4O. The van der Waals surface area contributed by atoms with Crippen molar-refractivity contribution in [2.24, 2.45) is 0 Å². The zero-order valence-corrected chi connectivity index (χ0v) is 13.8. The molecule has 2 aromatic heterocycles. The molecule has 0 fully saturated rings. The van der Waals surface area contributed by atoms with Crippen LogP contribution in [0.2, 0.25) is 0 Å². The summed E-state index contributed by atoms with van der Waals surface area (Å²) in [7, 11) is 0. The number of amides is 1. The number of hydrogen-bond acceptors (Lipinski definition) is 3. The molecule has 0 spiro atoms. The molecule has 1 amide bonds. The maximum absolute atomic E-state index is 12.6. The molecule has 0 saturated carbocycles. The maximum atomic E-state index is 12.6. The van der Waals surface area contributed by atoms with Crippen LogP contribution in [0, 0.1) is 20.8 Å². The van der Waals surface area contributed by atoms with E-state index < -0.39 is 0 Å². The molecular weight excluding hydrogens is 288 g/mol. The number of aryl methyl sites for hydroxylation is 4. The molecule has 1 N–H and O–H groups in total. The molecule has 118 valence electrons. The van der Waals surface area contributed by atoms with E-state index >= 15 is 0 Å². The fraction of sp³-hybridized carbons (Fsp3) is 0.278. The second-order valence-corrected chi connectivity index (χ2v) is 5.76. The van der Waals surface area contributed by atoms with Gasteiger partial charge in [0.1, 0.15) is 5.69 Å². The highest BCUT2D eigenvalue weighted by Gasteiger charge is 2.14. The van der Waals surface area contributed by atoms with Crippen molar-refractivity contribution in [3.05, 3.63) is 58.5 Å². The van der Waals surface area contributed by atoms with Crippen molar-refractivity contribution >= 4 is 17.2 Å². The first-order valence-electron chi connectivity index (χ1n) is 7.73. The highest BCUT2D eigenvalue weighted by atomic mass is 16.1. The Labute approximate surface area is 135 Å². The van der Waals surface area contributed by atoms with Gasteiger partial charge in [-0.2, -0.15) is 5.10 Å². The number of para-hydroxylation sites is 1. The predicted octanol–water partition coefficient (Wildman–Crippen LogP) is 3.47. The Morgan fingerprint density at radius 1 is 1.22 bits per heavy atom. The van der Waals surface area contributed by atoms with E-state index in [0.717, 1.165) is 34.6 Å². The summed E-state index contributed by atoms with van der Waals surface area (Å²) >= 11 is 0. The van der Waals surface area contributed by atoms with Gasteiger partial charge in [-0.15, -0.1) is 0 Å². The first-order chi connectivity index (χ1) is 11.0. The molecule has 5 nitrogen and oxygen atoms in total. The zero-order chi connectivity index (χ0) is 16.6. The predicted molar refractivity (Wildman–Crippen MR) is 91.0 cm³/mol. The Bertz CT molecular complexity index is 895. The summed E-state index contributed by atoms with van der Waals surface area (Å²) < 4.78 is 1.75. The van der Waals surface area contributed by atoms with Crippen LogP contribution in [0.25, 0.3) is 5.65 Å². The second kappa shape index (κ2) is 5.83. The number of benzene rings is 1. The topological polar surface area (TPSA) is 59.3 Å². The van der Waals surface area contributed by atoms with Gasteiger partial charge in [-0.25, -0.2) is 9.50 Å². The lowest BCUT2D eigenvalue weighted by Gasteiger charge is -2.13. The van der Waals surface area contributed by atoms with Gasteiger partial charge in [0.05, 0.1) is 5.69 Å². The average molecular weight is 308 g/mol. The van der Waals surface area contributed by atoms with Gasteiger partial charge in [-0.1, -0.05) is 25.1 Å². The summed E-state index contributed by atoms with van der Waals surface area (Å²) in [5, 5.41) is 7.37. The molecule has 0 radical (unpaired) electrons. The Kier molecular flexibility index (Phi) is 3.86. The summed E-state index contributed by atoms with van der Waals surface area (Å²) in [4.78, 5) is 17.1. The first-order valence-corrected chi connectivity index (χ1v) is 7.73. The van der Waals surface area contributed by atoms with E-state index in [1.807, 2.05) is 45.0 Å². The summed E-state index contributed by atoms with van der Waals surface area (Å²) in [5.41, 5.74) is 5.91. The molecule has 0 unspecified atom stereocenters. The lowest BCUT2D eigenvalue weighted by molar-refractivity contribution is 0.102. The second-order valence-electron chi connectivity index (χ2n) is 5.76. The van der Waals surface area contributed by atoms with Gasteiger partial charge in [0.15, 0.2) is 5.65 Å². The molecule has 5 heteroatoms. The molecule has 3 aromatic rings. The SMILES string of the molecule is CCc1cccc(C)c1NC(=O)c1cc(C)n2nc(C)cc2n1. The molecule has 0 aliphatic heterocycles. The zero-order valence-electron chi connectivity index (χ0n) is 13.8. The Morgan fingerprint density at radius 3 is 2.74 bits per heavy atom. The summed E-state index contributed by atoms with van der Waals surface area (Å²) in [6, 6.07) is 9.67. The fourth-order valence-electron chi connectivity index (χ4n) is 2.74. The van der Waals surface area contributed by atoms with Crippen LogP contribution < -0.4 is 5.32 Å². The van der Waals surface area contributed by atoms with Crippen molar-refractivity contribution in [3.8, 4) is 0 Å². The van der Waals surface area contributed by atoms with Gasteiger partial charge in [0.2, 0.25) is 0 Å². The third-order valence-corrected chi connectivity index (χ3v) is 3.94. The molecule has 23 heavy (non-hydrogen) atoms. The van der Waals surface area contributed by atoms with E-state index in [-0.39, 0.29) is 5.91 Å². The van der Waals surface area contributed by atoms with Gasteiger partial charge in [0.25, 0.3) is 5.91 Å². The quantitative estimate of drug-likeness (QED) is 0.806. The lowest BCUT2D eigenvalue weighted by atomic mass is 10.1. The minimum Gasteiger partial charge on any atom is -0.320 e. The van der Waals surface area contributed by atoms with Gasteiger partial charge >= 0.3 is 0 Å². The Morgan fingerprint density at radius 2 is 2.00 bits per heavy atom. The largest absolute Gasteiger partial charge is 0.320 e. The average Bonchev–Trinajstić information content (AvgIpc) is 2.90. The van der Waals surface area contributed by atoms with Crippen molar-refractivity contribution in [3.63, 3.8) is 0 Å². The monoisotopic (exact) mass is 308 g/mol. The van der Waals surface area contributed by atoms with Crippen molar-refractivity contribution in [2.75, 3.05) is 5.32 Å². The normalized spacial score (nSPS) is 11.0. The molecule has 0 saturated heterocycles. The molecule has 0 atom stereocenters. The van der Waals surface area contributed by atoms with Crippen LogP contribution in [0.4, 0.5) is 5.69 Å². The number of fused-ring (bicyclic) bond motifs is 1. The van der Waals surface area contributed by atoms with Crippen LogP contribution >= 0.6 is 0 Å². The van der Waals surface area contributed by atoms with E-state index in [1.54, 1.807) is 10.6 Å². The number of rotatable bonds is 3. The van der Waals surface area contributed by atoms with Crippen LogP contribution in [0.15, 0.2) is 30.3 Å². The fourth-order valence-corrected chi connectivity index (χ4v) is 2.74.